The number of imidazole rings is 1. The Bertz CT molecular complexity index is 2290. The molecule has 5 aromatic rings. The Morgan fingerprint density at radius 2 is 1.82 bits per heavy atom. The lowest BCUT2D eigenvalue weighted by Gasteiger charge is -2.36. The van der Waals surface area contributed by atoms with Crippen molar-refractivity contribution in [3.05, 3.63) is 114 Å². The van der Waals surface area contributed by atoms with Crippen LogP contribution in [0.1, 0.15) is 43.0 Å². The van der Waals surface area contributed by atoms with Crippen molar-refractivity contribution in [2.75, 3.05) is 44.0 Å². The molecule has 1 atom stereocenters. The van der Waals surface area contributed by atoms with Crippen molar-refractivity contribution >= 4 is 42.1 Å². The van der Waals surface area contributed by atoms with Gasteiger partial charge in [0.1, 0.15) is 34.5 Å². The number of piperidine rings is 1. The fourth-order valence-electron chi connectivity index (χ4n) is 7.27. The van der Waals surface area contributed by atoms with Crippen molar-refractivity contribution in [1.82, 2.24) is 24.3 Å². The van der Waals surface area contributed by atoms with E-state index >= 15 is 0 Å². The largest absolute Gasteiger partial charge is 0.496 e. The Morgan fingerprint density at radius 3 is 2.57 bits per heavy atom. The molecular formula is C41H41F2N7O5S. The summed E-state index contributed by atoms with van der Waals surface area (Å²) >= 11 is 3.60. The van der Waals surface area contributed by atoms with Gasteiger partial charge in [0.15, 0.2) is 0 Å². The van der Waals surface area contributed by atoms with Crippen LogP contribution >= 0.6 is 12.9 Å². The SMILES string of the molecule is CCOC1=CC(C2CCN(CCC(=O)OS)CC2)CC=C1Nc1nccc(-c2c(-c3ccc(OC)c(C(=O)Nc4c(F)cccc4F)c3)nc3ccccn23)n1. The third kappa shape index (κ3) is 8.38. The molecule has 1 unspecified atom stereocenters. The van der Waals surface area contributed by atoms with Gasteiger partial charge < -0.3 is 29.2 Å². The first kappa shape index (κ1) is 38.5. The monoisotopic (exact) mass is 781 g/mol. The van der Waals surface area contributed by atoms with Gasteiger partial charge in [0, 0.05) is 37.4 Å². The number of hydrogen-bond donors (Lipinski definition) is 3. The molecule has 0 bridgehead atoms. The van der Waals surface area contributed by atoms with Crippen LogP contribution in [0, 0.1) is 23.5 Å². The predicted octanol–water partition coefficient (Wildman–Crippen LogP) is 7.72. The van der Waals surface area contributed by atoms with Crippen LogP contribution < -0.4 is 15.4 Å². The topological polar surface area (TPSA) is 132 Å². The lowest BCUT2D eigenvalue weighted by molar-refractivity contribution is -0.133. The molecule has 1 amide bonds. The molecule has 4 heterocycles. The summed E-state index contributed by atoms with van der Waals surface area (Å²) < 4.78 is 46.9. The minimum atomic E-state index is -0.902. The number of benzene rings is 2. The summed E-state index contributed by atoms with van der Waals surface area (Å²) in [6.07, 6.45) is 11.1. The first-order valence-electron chi connectivity index (χ1n) is 18.4. The number of nitrogens with zero attached hydrogens (tertiary/aromatic N) is 5. The van der Waals surface area contributed by atoms with Gasteiger partial charge in [-0.1, -0.05) is 18.2 Å². The Kier molecular flexibility index (Phi) is 11.9. The molecule has 0 spiro atoms. The van der Waals surface area contributed by atoms with E-state index in [9.17, 15) is 18.4 Å². The fourth-order valence-corrected chi connectivity index (χ4v) is 7.36. The number of hydrogen-bond acceptors (Lipinski definition) is 11. The van der Waals surface area contributed by atoms with Crippen LogP contribution in [0.4, 0.5) is 20.4 Å². The summed E-state index contributed by atoms with van der Waals surface area (Å²) in [4.78, 5) is 41.7. The van der Waals surface area contributed by atoms with Gasteiger partial charge in [-0.3, -0.25) is 14.0 Å². The van der Waals surface area contributed by atoms with Crippen molar-refractivity contribution in [3.63, 3.8) is 0 Å². The number of fused-ring (bicyclic) bond motifs is 1. The van der Waals surface area contributed by atoms with Gasteiger partial charge >= 0.3 is 5.97 Å². The molecule has 7 rings (SSSR count). The highest BCUT2D eigenvalue weighted by molar-refractivity contribution is 7.75. The number of amides is 1. The zero-order chi connectivity index (χ0) is 39.2. The molecule has 0 saturated carbocycles. The Morgan fingerprint density at radius 1 is 1.02 bits per heavy atom. The molecule has 3 aromatic heterocycles. The van der Waals surface area contributed by atoms with Crippen molar-refractivity contribution in [2.45, 2.75) is 32.6 Å². The number of nitrogens with one attached hydrogen (secondary N) is 2. The van der Waals surface area contributed by atoms with E-state index in [2.05, 4.69) is 49.8 Å². The number of anilines is 2. The third-order valence-electron chi connectivity index (χ3n) is 10.1. The maximum Gasteiger partial charge on any atom is 0.318 e. The summed E-state index contributed by atoms with van der Waals surface area (Å²) in [7, 11) is 1.41. The molecule has 1 aliphatic heterocycles. The average molecular weight is 782 g/mol. The lowest BCUT2D eigenvalue weighted by atomic mass is 9.80. The van der Waals surface area contributed by atoms with Gasteiger partial charge in [-0.25, -0.2) is 23.7 Å². The molecule has 15 heteroatoms. The minimum Gasteiger partial charge on any atom is -0.496 e. The van der Waals surface area contributed by atoms with Crippen LogP contribution in [0.5, 0.6) is 5.75 Å². The molecular weight excluding hydrogens is 741 g/mol. The van der Waals surface area contributed by atoms with Crippen LogP contribution in [-0.4, -0.2) is 69.5 Å². The van der Waals surface area contributed by atoms with E-state index < -0.39 is 23.2 Å². The fraction of sp³-hybridized carbons (Fsp3) is 0.293. The number of rotatable bonds is 13. The highest BCUT2D eigenvalue weighted by Gasteiger charge is 2.29. The number of para-hydroxylation sites is 1. The van der Waals surface area contributed by atoms with E-state index in [1.165, 1.54) is 13.2 Å². The maximum absolute atomic E-state index is 14.5. The standard InChI is InChI=1S/C41H41F2N7O5S/c1-3-54-34-24-26(25-15-20-49(21-16-25)22-17-36(51)55-56)10-12-31(34)45-41-44-18-14-32(46-41)39-37(47-35-9-4-5-19-50(35)39)27-11-13-33(53-2)28(23-27)40(52)48-38-29(42)7-6-8-30(38)43/h4-9,11-14,18-19,23-26,56H,3,10,15-17,20-22H2,1-2H3,(H,48,52)(H,44,45,46). The van der Waals surface area contributed by atoms with Gasteiger partial charge in [-0.15, -0.1) is 0 Å². The van der Waals surface area contributed by atoms with Crippen LogP contribution in [0.3, 0.4) is 0 Å². The second-order valence-corrected chi connectivity index (χ2v) is 13.7. The normalized spacial score (nSPS) is 16.2. The molecule has 1 saturated heterocycles. The number of allylic oxidation sites excluding steroid dienone is 2. The zero-order valence-electron chi connectivity index (χ0n) is 30.9. The molecule has 2 N–H and O–H groups in total. The number of halogens is 2. The van der Waals surface area contributed by atoms with Gasteiger partial charge in [0.2, 0.25) is 5.95 Å². The van der Waals surface area contributed by atoms with E-state index in [0.29, 0.717) is 65.6 Å². The Labute approximate surface area is 328 Å². The van der Waals surface area contributed by atoms with E-state index in [1.807, 2.05) is 35.7 Å². The molecule has 12 nitrogen and oxygen atoms in total. The summed E-state index contributed by atoms with van der Waals surface area (Å²) in [5, 5.41) is 5.74. The summed E-state index contributed by atoms with van der Waals surface area (Å²) in [5.74, 6) is -0.789. The Hall–Kier alpha value is -5.80. The summed E-state index contributed by atoms with van der Waals surface area (Å²) in [5.41, 5.74) is 3.15. The highest BCUT2D eigenvalue weighted by atomic mass is 32.1. The van der Waals surface area contributed by atoms with Gasteiger partial charge in [-0.2, -0.15) is 0 Å². The van der Waals surface area contributed by atoms with Crippen LogP contribution in [0.15, 0.2) is 96.7 Å². The number of carbonyl (C=O) groups is 2. The molecule has 290 valence electrons. The van der Waals surface area contributed by atoms with E-state index in [0.717, 1.165) is 55.9 Å². The number of pyridine rings is 1. The summed E-state index contributed by atoms with van der Waals surface area (Å²) in [6, 6.07) is 15.7. The van der Waals surface area contributed by atoms with E-state index in [4.69, 9.17) is 19.4 Å². The predicted molar refractivity (Wildman–Crippen MR) is 211 cm³/mol. The quantitative estimate of drug-likeness (QED) is 0.0806. The summed E-state index contributed by atoms with van der Waals surface area (Å²) in [6.45, 7) is 4.93. The molecule has 2 aliphatic rings. The second-order valence-electron chi connectivity index (χ2n) is 13.5. The average Bonchev–Trinajstić information content (AvgIpc) is 3.62. The minimum absolute atomic E-state index is 0.0554. The highest BCUT2D eigenvalue weighted by Crippen LogP contribution is 2.37. The maximum atomic E-state index is 14.5. The van der Waals surface area contributed by atoms with Crippen molar-refractivity contribution in [3.8, 4) is 28.4 Å². The van der Waals surface area contributed by atoms with Crippen molar-refractivity contribution in [1.29, 1.82) is 0 Å². The van der Waals surface area contributed by atoms with Crippen LogP contribution in [0.25, 0.3) is 28.3 Å². The first-order valence-corrected chi connectivity index (χ1v) is 18.8. The molecule has 56 heavy (non-hydrogen) atoms. The van der Waals surface area contributed by atoms with Gasteiger partial charge in [0.05, 0.1) is 48.5 Å². The number of thiol groups is 1. The Balaban J connectivity index is 1.14. The number of methoxy groups -OCH3 is 1. The van der Waals surface area contributed by atoms with Crippen molar-refractivity contribution in [2.24, 2.45) is 11.8 Å². The lowest BCUT2D eigenvalue weighted by Crippen LogP contribution is -2.37. The first-order chi connectivity index (χ1) is 27.3. The van der Waals surface area contributed by atoms with E-state index in [-0.39, 0.29) is 17.3 Å². The zero-order valence-corrected chi connectivity index (χ0v) is 31.8. The third-order valence-corrected chi connectivity index (χ3v) is 10.3. The molecule has 0 radical (unpaired) electrons. The van der Waals surface area contributed by atoms with Crippen LogP contribution in [-0.2, 0) is 13.7 Å². The van der Waals surface area contributed by atoms with Gasteiger partial charge in [0.25, 0.3) is 5.91 Å². The van der Waals surface area contributed by atoms with Gasteiger partial charge in [-0.05, 0) is 106 Å². The number of carbonyl (C=O) groups excluding carboxylic acids is 2. The smallest absolute Gasteiger partial charge is 0.318 e. The second kappa shape index (κ2) is 17.3. The molecule has 1 fully saturated rings. The molecule has 2 aromatic carbocycles. The van der Waals surface area contributed by atoms with Crippen LogP contribution in [0.2, 0.25) is 0 Å². The number of aromatic nitrogens is 4. The van der Waals surface area contributed by atoms with Crippen molar-refractivity contribution < 1.29 is 32.0 Å². The number of ether oxygens (including phenoxy) is 2. The molecule has 1 aliphatic carbocycles. The number of likely N-dealkylation sites (tertiary alicyclic amines) is 1. The van der Waals surface area contributed by atoms with E-state index in [1.54, 1.807) is 30.5 Å².